The van der Waals surface area contributed by atoms with Gasteiger partial charge < -0.3 is 18.9 Å². The molecule has 124 valence electrons. The molecular formula is C17H24N4O2. The number of carbonyl (C=O) groups excluding carboxylic acids is 1. The Labute approximate surface area is 136 Å². The number of aryl methyl sites for hydroxylation is 1. The lowest BCUT2D eigenvalue weighted by atomic mass is 10.0. The number of piperidine rings is 1. The number of fused-ring (bicyclic) bond motifs is 1. The third-order valence-corrected chi connectivity index (χ3v) is 4.55. The van der Waals surface area contributed by atoms with E-state index in [9.17, 15) is 4.79 Å². The van der Waals surface area contributed by atoms with Gasteiger partial charge in [-0.25, -0.2) is 4.98 Å². The summed E-state index contributed by atoms with van der Waals surface area (Å²) in [4.78, 5) is 21.0. The summed E-state index contributed by atoms with van der Waals surface area (Å²) in [5, 5.41) is 0. The van der Waals surface area contributed by atoms with Crippen molar-refractivity contribution >= 4 is 11.6 Å². The molecule has 1 aliphatic heterocycles. The fourth-order valence-electron chi connectivity index (χ4n) is 3.05. The second kappa shape index (κ2) is 6.58. The summed E-state index contributed by atoms with van der Waals surface area (Å²) < 4.78 is 7.66. The zero-order valence-corrected chi connectivity index (χ0v) is 14.0. The van der Waals surface area contributed by atoms with Crippen LogP contribution < -0.4 is 4.74 Å². The molecule has 0 radical (unpaired) electrons. The fourth-order valence-corrected chi connectivity index (χ4v) is 3.05. The molecule has 1 saturated heterocycles. The van der Waals surface area contributed by atoms with Crippen LogP contribution in [0.2, 0.25) is 0 Å². The van der Waals surface area contributed by atoms with Crippen LogP contribution in [0.4, 0.5) is 0 Å². The van der Waals surface area contributed by atoms with Crippen LogP contribution in [0.3, 0.4) is 0 Å². The van der Waals surface area contributed by atoms with Crippen molar-refractivity contribution in [3.63, 3.8) is 0 Å². The summed E-state index contributed by atoms with van der Waals surface area (Å²) in [5.41, 5.74) is 1.68. The number of ether oxygens (including phenoxy) is 1. The van der Waals surface area contributed by atoms with E-state index in [1.165, 1.54) is 0 Å². The fraction of sp³-hybridized carbons (Fsp3) is 0.529. The molecule has 3 rings (SSSR count). The van der Waals surface area contributed by atoms with Crippen molar-refractivity contribution < 1.29 is 9.53 Å². The van der Waals surface area contributed by atoms with E-state index in [1.807, 2.05) is 47.8 Å². The molecule has 0 N–H and O–H groups in total. The minimum absolute atomic E-state index is 0.0184. The quantitative estimate of drug-likeness (QED) is 0.859. The van der Waals surface area contributed by atoms with Crippen LogP contribution in [0, 0.1) is 6.92 Å². The van der Waals surface area contributed by atoms with Gasteiger partial charge in [-0.05, 0) is 52.0 Å². The highest BCUT2D eigenvalue weighted by Crippen LogP contribution is 2.19. The standard InChI is InChI=1S/C17H24N4O2/c1-13-11-21-8-4-5-15(17(21)18-13)23-12-16(22)20(3)14-6-9-19(2)10-7-14/h4-5,8,11,14H,6-7,9-10,12H2,1-3H3. The molecule has 0 aliphatic carbocycles. The predicted molar refractivity (Wildman–Crippen MR) is 88.7 cm³/mol. The number of likely N-dealkylation sites (tertiary alicyclic amines) is 1. The third-order valence-electron chi connectivity index (χ3n) is 4.55. The van der Waals surface area contributed by atoms with E-state index in [4.69, 9.17) is 4.74 Å². The number of aromatic nitrogens is 2. The van der Waals surface area contributed by atoms with Crippen LogP contribution >= 0.6 is 0 Å². The molecule has 2 aromatic heterocycles. The maximum atomic E-state index is 12.4. The van der Waals surface area contributed by atoms with Crippen molar-refractivity contribution in [1.82, 2.24) is 19.2 Å². The predicted octanol–water partition coefficient (Wildman–Crippen LogP) is 1.57. The molecule has 1 aliphatic rings. The van der Waals surface area contributed by atoms with E-state index < -0.39 is 0 Å². The number of hydrogen-bond acceptors (Lipinski definition) is 4. The van der Waals surface area contributed by atoms with E-state index in [2.05, 4.69) is 16.9 Å². The highest BCUT2D eigenvalue weighted by Gasteiger charge is 2.24. The number of rotatable bonds is 4. The van der Waals surface area contributed by atoms with Crippen LogP contribution in [0.1, 0.15) is 18.5 Å². The molecule has 0 aromatic carbocycles. The molecule has 23 heavy (non-hydrogen) atoms. The van der Waals surface area contributed by atoms with Gasteiger partial charge in [-0.2, -0.15) is 0 Å². The van der Waals surface area contributed by atoms with Crippen molar-refractivity contribution in [2.24, 2.45) is 0 Å². The van der Waals surface area contributed by atoms with Crippen molar-refractivity contribution in [3.05, 3.63) is 30.2 Å². The molecule has 0 atom stereocenters. The zero-order valence-electron chi connectivity index (χ0n) is 14.0. The average molecular weight is 316 g/mol. The largest absolute Gasteiger partial charge is 0.480 e. The summed E-state index contributed by atoms with van der Waals surface area (Å²) in [6.07, 6.45) is 5.91. The maximum Gasteiger partial charge on any atom is 0.260 e. The number of carbonyl (C=O) groups is 1. The smallest absolute Gasteiger partial charge is 0.260 e. The van der Waals surface area contributed by atoms with Gasteiger partial charge in [0, 0.05) is 25.5 Å². The van der Waals surface area contributed by atoms with Crippen LogP contribution in [0.25, 0.3) is 5.65 Å². The Hall–Kier alpha value is -2.08. The molecule has 6 nitrogen and oxygen atoms in total. The number of pyridine rings is 1. The van der Waals surface area contributed by atoms with E-state index in [0.29, 0.717) is 11.8 Å². The van der Waals surface area contributed by atoms with E-state index in [0.717, 1.165) is 37.3 Å². The van der Waals surface area contributed by atoms with Crippen LogP contribution in [0.15, 0.2) is 24.5 Å². The van der Waals surface area contributed by atoms with Crippen molar-refractivity contribution in [2.75, 3.05) is 33.8 Å². The summed E-state index contributed by atoms with van der Waals surface area (Å²) >= 11 is 0. The molecule has 0 spiro atoms. The Morgan fingerprint density at radius 3 is 2.91 bits per heavy atom. The summed E-state index contributed by atoms with van der Waals surface area (Å²) in [5.74, 6) is 0.663. The Morgan fingerprint density at radius 1 is 1.43 bits per heavy atom. The number of imidazole rings is 1. The Bertz CT molecular complexity index is 689. The summed E-state index contributed by atoms with van der Waals surface area (Å²) in [6, 6.07) is 4.06. The van der Waals surface area contributed by atoms with E-state index in [1.54, 1.807) is 0 Å². The topological polar surface area (TPSA) is 50.1 Å². The van der Waals surface area contributed by atoms with Crippen molar-refractivity contribution in [2.45, 2.75) is 25.8 Å². The number of amides is 1. The van der Waals surface area contributed by atoms with Gasteiger partial charge in [0.05, 0.1) is 5.69 Å². The normalized spacial score (nSPS) is 16.7. The first-order valence-electron chi connectivity index (χ1n) is 8.06. The molecule has 0 unspecified atom stereocenters. The van der Waals surface area contributed by atoms with Gasteiger partial charge in [-0.15, -0.1) is 0 Å². The molecular weight excluding hydrogens is 292 g/mol. The molecule has 0 bridgehead atoms. The van der Waals surface area contributed by atoms with Crippen molar-refractivity contribution in [1.29, 1.82) is 0 Å². The Balaban J connectivity index is 1.61. The van der Waals surface area contributed by atoms with Crippen LogP contribution in [0.5, 0.6) is 5.75 Å². The molecule has 2 aromatic rings. The maximum absolute atomic E-state index is 12.4. The molecule has 1 amide bonds. The second-order valence-corrected chi connectivity index (χ2v) is 6.31. The van der Waals surface area contributed by atoms with Gasteiger partial charge in [-0.1, -0.05) is 0 Å². The monoisotopic (exact) mass is 316 g/mol. The van der Waals surface area contributed by atoms with Gasteiger partial charge >= 0.3 is 0 Å². The van der Waals surface area contributed by atoms with Gasteiger partial charge in [-0.3, -0.25) is 4.79 Å². The number of hydrogen-bond donors (Lipinski definition) is 0. The SMILES string of the molecule is Cc1cn2cccc(OCC(=O)N(C)C3CCN(C)CC3)c2n1. The van der Waals surface area contributed by atoms with E-state index in [-0.39, 0.29) is 12.5 Å². The number of nitrogens with zero attached hydrogens (tertiary/aromatic N) is 4. The van der Waals surface area contributed by atoms with Crippen LogP contribution in [-0.2, 0) is 4.79 Å². The Kier molecular flexibility index (Phi) is 4.52. The Morgan fingerprint density at radius 2 is 2.17 bits per heavy atom. The van der Waals surface area contributed by atoms with Gasteiger partial charge in [0.2, 0.25) is 0 Å². The first kappa shape index (κ1) is 15.8. The van der Waals surface area contributed by atoms with Gasteiger partial charge in [0.15, 0.2) is 18.0 Å². The highest BCUT2D eigenvalue weighted by atomic mass is 16.5. The number of likely N-dealkylation sites (N-methyl/N-ethyl adjacent to an activating group) is 1. The summed E-state index contributed by atoms with van der Waals surface area (Å²) in [6.45, 7) is 4.07. The lowest BCUT2D eigenvalue weighted by Gasteiger charge is -2.35. The lowest BCUT2D eigenvalue weighted by molar-refractivity contribution is -0.134. The highest BCUT2D eigenvalue weighted by molar-refractivity contribution is 5.78. The van der Waals surface area contributed by atoms with Crippen LogP contribution in [-0.4, -0.2) is 64.9 Å². The second-order valence-electron chi connectivity index (χ2n) is 6.31. The van der Waals surface area contributed by atoms with Gasteiger partial charge in [0.1, 0.15) is 0 Å². The molecule has 1 fully saturated rings. The first-order chi connectivity index (χ1) is 11.0. The minimum atomic E-state index is 0.0184. The minimum Gasteiger partial charge on any atom is -0.480 e. The van der Waals surface area contributed by atoms with Crippen molar-refractivity contribution in [3.8, 4) is 5.75 Å². The zero-order chi connectivity index (χ0) is 16.4. The molecule has 3 heterocycles. The van der Waals surface area contributed by atoms with Gasteiger partial charge in [0.25, 0.3) is 5.91 Å². The molecule has 6 heteroatoms. The average Bonchev–Trinajstić information content (AvgIpc) is 2.93. The molecule has 0 saturated carbocycles. The lowest BCUT2D eigenvalue weighted by Crippen LogP contribution is -2.45. The third kappa shape index (κ3) is 3.47. The van der Waals surface area contributed by atoms with E-state index >= 15 is 0 Å². The first-order valence-corrected chi connectivity index (χ1v) is 8.06. The summed E-state index contributed by atoms with van der Waals surface area (Å²) in [7, 11) is 4.00.